The highest BCUT2D eigenvalue weighted by Crippen LogP contribution is 2.56. The molecule has 1 aromatic rings. The van der Waals surface area contributed by atoms with Crippen molar-refractivity contribution in [3.63, 3.8) is 0 Å². The highest BCUT2D eigenvalue weighted by atomic mass is 16.5. The number of fused-ring (bicyclic) bond motifs is 5. The Labute approximate surface area is 184 Å². The van der Waals surface area contributed by atoms with Gasteiger partial charge in [-0.15, -0.1) is 0 Å². The first-order valence-electron chi connectivity index (χ1n) is 12.0. The molecule has 0 radical (unpaired) electrons. The van der Waals surface area contributed by atoms with Crippen molar-refractivity contribution in [1.82, 2.24) is 0 Å². The third kappa shape index (κ3) is 3.41. The van der Waals surface area contributed by atoms with Gasteiger partial charge in [0.15, 0.2) is 0 Å². The molecule has 4 fully saturated rings. The zero-order valence-corrected chi connectivity index (χ0v) is 18.8. The smallest absolute Gasteiger partial charge is 0.338 e. The number of carbonyl (C=O) groups excluding carboxylic acids is 3. The monoisotopic (exact) mass is 423 g/mol. The van der Waals surface area contributed by atoms with Crippen LogP contribution in [-0.4, -0.2) is 23.9 Å². The fourth-order valence-corrected chi connectivity index (χ4v) is 6.87. The molecule has 0 spiro atoms. The van der Waals surface area contributed by atoms with Gasteiger partial charge in [-0.2, -0.15) is 0 Å². The molecule has 0 N–H and O–H groups in total. The van der Waals surface area contributed by atoms with Crippen LogP contribution in [0.15, 0.2) is 24.3 Å². The molecule has 7 atom stereocenters. The summed E-state index contributed by atoms with van der Waals surface area (Å²) in [6.45, 7) is 6.61. The summed E-state index contributed by atoms with van der Waals surface area (Å²) in [7, 11) is 0. The van der Waals surface area contributed by atoms with Crippen molar-refractivity contribution in [2.24, 2.45) is 41.4 Å². The Morgan fingerprint density at radius 1 is 0.935 bits per heavy atom. The molecule has 166 valence electrons. The fraction of sp³-hybridized carbons (Fsp3) is 0.654. The molecule has 5 rings (SSSR count). The van der Waals surface area contributed by atoms with E-state index < -0.39 is 0 Å². The van der Waals surface area contributed by atoms with Gasteiger partial charge in [0.2, 0.25) is 11.8 Å². The molecule has 31 heavy (non-hydrogen) atoms. The molecule has 5 nitrogen and oxygen atoms in total. The lowest BCUT2D eigenvalue weighted by molar-refractivity contribution is -0.123. The summed E-state index contributed by atoms with van der Waals surface area (Å²) in [4.78, 5) is 40.2. The molecular formula is C26H33NO4. The molecule has 2 amide bonds. The number of rotatable bonds is 4. The van der Waals surface area contributed by atoms with E-state index in [1.165, 1.54) is 11.3 Å². The second-order valence-electron chi connectivity index (χ2n) is 10.7. The maximum absolute atomic E-state index is 13.0. The largest absolute Gasteiger partial charge is 0.458 e. The molecule has 0 aromatic heterocycles. The fourth-order valence-electron chi connectivity index (χ4n) is 6.87. The van der Waals surface area contributed by atoms with Gasteiger partial charge in [-0.1, -0.05) is 27.2 Å². The average Bonchev–Trinajstić information content (AvgIpc) is 3.42. The Morgan fingerprint density at radius 2 is 1.55 bits per heavy atom. The van der Waals surface area contributed by atoms with Crippen LogP contribution in [0.25, 0.3) is 0 Å². The Kier molecular flexibility index (Phi) is 5.18. The van der Waals surface area contributed by atoms with E-state index in [1.54, 1.807) is 24.3 Å². The molecule has 1 aromatic carbocycles. The zero-order valence-electron chi connectivity index (χ0n) is 18.8. The minimum Gasteiger partial charge on any atom is -0.458 e. The Morgan fingerprint density at radius 3 is 2.13 bits per heavy atom. The summed E-state index contributed by atoms with van der Waals surface area (Å²) in [5.74, 6) is 1.53. The van der Waals surface area contributed by atoms with Crippen molar-refractivity contribution in [3.8, 4) is 0 Å². The molecule has 1 heterocycles. The molecule has 1 aliphatic heterocycles. The number of esters is 1. The van der Waals surface area contributed by atoms with Crippen molar-refractivity contribution < 1.29 is 19.1 Å². The second kappa shape index (κ2) is 7.75. The second-order valence-corrected chi connectivity index (χ2v) is 10.7. The van der Waals surface area contributed by atoms with E-state index >= 15 is 0 Å². The first-order chi connectivity index (χ1) is 14.8. The van der Waals surface area contributed by atoms with Gasteiger partial charge in [-0.25, -0.2) is 4.79 Å². The van der Waals surface area contributed by atoms with Gasteiger partial charge in [0.25, 0.3) is 0 Å². The van der Waals surface area contributed by atoms with Crippen molar-refractivity contribution in [2.45, 2.75) is 65.4 Å². The van der Waals surface area contributed by atoms with Gasteiger partial charge in [-0.3, -0.25) is 14.5 Å². The minimum absolute atomic E-state index is 0.0477. The van der Waals surface area contributed by atoms with E-state index in [9.17, 15) is 14.4 Å². The lowest BCUT2D eigenvalue weighted by Gasteiger charge is -2.36. The highest BCUT2D eigenvalue weighted by molar-refractivity contribution is 6.22. The lowest BCUT2D eigenvalue weighted by Crippen LogP contribution is -2.36. The van der Waals surface area contributed by atoms with Crippen LogP contribution in [0.5, 0.6) is 0 Å². The number of anilines is 1. The summed E-state index contributed by atoms with van der Waals surface area (Å²) < 4.78 is 5.94. The summed E-state index contributed by atoms with van der Waals surface area (Å²) >= 11 is 0. The first-order valence-corrected chi connectivity index (χ1v) is 12.0. The maximum atomic E-state index is 13.0. The van der Waals surface area contributed by atoms with Crippen LogP contribution in [0.4, 0.5) is 5.69 Å². The van der Waals surface area contributed by atoms with Crippen LogP contribution < -0.4 is 4.90 Å². The number of hydrogen-bond acceptors (Lipinski definition) is 4. The van der Waals surface area contributed by atoms with Gasteiger partial charge >= 0.3 is 5.97 Å². The minimum atomic E-state index is -0.315. The van der Waals surface area contributed by atoms with E-state index in [1.807, 2.05) is 0 Å². The van der Waals surface area contributed by atoms with Gasteiger partial charge in [0.1, 0.15) is 6.10 Å². The number of imide groups is 1. The van der Waals surface area contributed by atoms with E-state index in [4.69, 9.17) is 4.74 Å². The molecule has 3 aliphatic carbocycles. The summed E-state index contributed by atoms with van der Waals surface area (Å²) in [6.07, 6.45) is 6.32. The third-order valence-electron chi connectivity index (χ3n) is 8.51. The Balaban J connectivity index is 1.29. The van der Waals surface area contributed by atoms with Crippen LogP contribution >= 0.6 is 0 Å². The number of hydrogen-bond donors (Lipinski definition) is 0. The number of benzene rings is 1. The zero-order chi connectivity index (χ0) is 21.9. The van der Waals surface area contributed by atoms with Crippen LogP contribution in [0.2, 0.25) is 0 Å². The van der Waals surface area contributed by atoms with Crippen molar-refractivity contribution >= 4 is 23.5 Å². The molecular weight excluding hydrogens is 390 g/mol. The van der Waals surface area contributed by atoms with Crippen molar-refractivity contribution in [1.29, 1.82) is 0 Å². The number of carbonyl (C=O) groups is 3. The van der Waals surface area contributed by atoms with Crippen molar-refractivity contribution in [2.75, 3.05) is 4.90 Å². The Hall–Kier alpha value is -2.17. The van der Waals surface area contributed by atoms with E-state index in [0.29, 0.717) is 40.8 Å². The highest BCUT2D eigenvalue weighted by Gasteiger charge is 2.61. The molecule has 0 unspecified atom stereocenters. The summed E-state index contributed by atoms with van der Waals surface area (Å²) in [6, 6.07) is 6.83. The SMILES string of the molecule is CC(C)[C@H]1CC[C@@H](C)C[C@H]1OC(=O)c1ccc(N2C(=O)[C@@H]3[C@H]4CC[C@@H](C4)[C@H]3C2=O)cc1. The van der Waals surface area contributed by atoms with E-state index in [-0.39, 0.29) is 35.7 Å². The number of ether oxygens (including phenoxy) is 1. The molecule has 2 bridgehead atoms. The van der Waals surface area contributed by atoms with Gasteiger partial charge in [-0.05, 0) is 86.0 Å². The average molecular weight is 424 g/mol. The first kappa shape index (κ1) is 20.7. The standard InChI is InChI=1S/C26H33NO4/c1-14(2)20-11-4-15(3)12-21(20)31-26(30)16-7-9-19(10-8-16)27-24(28)22-17-5-6-18(13-17)23(22)25(27)29/h7-10,14-15,17-18,20-23H,4-6,11-13H2,1-3H3/t15-,17+,18+,20-,21-,22-,23-/m1/s1. The predicted molar refractivity (Wildman–Crippen MR) is 117 cm³/mol. The number of nitrogens with zero attached hydrogens (tertiary/aromatic N) is 1. The maximum Gasteiger partial charge on any atom is 0.338 e. The molecule has 4 aliphatic rings. The summed E-state index contributed by atoms with van der Waals surface area (Å²) in [5, 5.41) is 0. The lowest BCUT2D eigenvalue weighted by atomic mass is 9.75. The molecule has 1 saturated heterocycles. The van der Waals surface area contributed by atoms with Gasteiger partial charge in [0, 0.05) is 0 Å². The molecule has 3 saturated carbocycles. The topological polar surface area (TPSA) is 63.7 Å². The van der Waals surface area contributed by atoms with Crippen LogP contribution in [0.1, 0.15) is 69.7 Å². The van der Waals surface area contributed by atoms with Crippen LogP contribution in [-0.2, 0) is 14.3 Å². The third-order valence-corrected chi connectivity index (χ3v) is 8.51. The normalized spacial score (nSPS) is 36.9. The van der Waals surface area contributed by atoms with Gasteiger partial charge < -0.3 is 4.74 Å². The predicted octanol–water partition coefficient (Wildman–Crippen LogP) is 4.84. The van der Waals surface area contributed by atoms with E-state index in [0.717, 1.165) is 32.1 Å². The van der Waals surface area contributed by atoms with Crippen LogP contribution in [0, 0.1) is 41.4 Å². The Bertz CT molecular complexity index is 863. The van der Waals surface area contributed by atoms with E-state index in [2.05, 4.69) is 20.8 Å². The van der Waals surface area contributed by atoms with Crippen LogP contribution in [0.3, 0.4) is 0 Å². The quantitative estimate of drug-likeness (QED) is 0.513. The number of amides is 2. The summed E-state index contributed by atoms with van der Waals surface area (Å²) in [5.41, 5.74) is 1.05. The molecule has 5 heteroatoms. The van der Waals surface area contributed by atoms with Gasteiger partial charge in [0.05, 0.1) is 23.1 Å². The van der Waals surface area contributed by atoms with Crippen molar-refractivity contribution in [3.05, 3.63) is 29.8 Å².